The number of carbonyl (C=O) groups excluding carboxylic acids is 2. The molecule has 2 aromatic carbocycles. The van der Waals surface area contributed by atoms with Crippen LogP contribution in [0.1, 0.15) is 38.8 Å². The van der Waals surface area contributed by atoms with E-state index in [0.717, 1.165) is 24.1 Å². The lowest BCUT2D eigenvalue weighted by Gasteiger charge is -2.13. The molecule has 0 radical (unpaired) electrons. The molecule has 30 heavy (non-hydrogen) atoms. The maximum Gasteiger partial charge on any atom is 0.253 e. The van der Waals surface area contributed by atoms with Gasteiger partial charge in [0.1, 0.15) is 0 Å². The summed E-state index contributed by atoms with van der Waals surface area (Å²) in [7, 11) is 3.49. The SMILES string of the molecule is CCNC(=NCc1cccc(C(N)=O)c1)NCCc1cccc(C(=O)N(C)C)c1.I. The van der Waals surface area contributed by atoms with Gasteiger partial charge in [0.25, 0.3) is 5.91 Å². The van der Waals surface area contributed by atoms with Crippen LogP contribution in [-0.4, -0.2) is 49.9 Å². The lowest BCUT2D eigenvalue weighted by atomic mass is 10.1. The van der Waals surface area contributed by atoms with Crippen LogP contribution in [-0.2, 0) is 13.0 Å². The molecule has 2 aromatic rings. The summed E-state index contributed by atoms with van der Waals surface area (Å²) in [5, 5.41) is 6.51. The number of carbonyl (C=O) groups is 2. The van der Waals surface area contributed by atoms with E-state index in [-0.39, 0.29) is 29.9 Å². The standard InChI is InChI=1S/C22H29N5O2.HI/c1-4-24-22(26-15-17-8-6-9-18(14-17)20(23)28)25-12-11-16-7-5-10-19(13-16)21(29)27(2)3;/h5-10,13-14H,4,11-12,15H2,1-3H3,(H2,23,28)(H2,24,25,26);1H. The third-order valence-electron chi connectivity index (χ3n) is 4.26. The fourth-order valence-electron chi connectivity index (χ4n) is 2.78. The first-order chi connectivity index (χ1) is 13.9. The zero-order valence-electron chi connectivity index (χ0n) is 17.6. The summed E-state index contributed by atoms with van der Waals surface area (Å²) in [6.07, 6.45) is 0.760. The van der Waals surface area contributed by atoms with Crippen LogP contribution in [0.5, 0.6) is 0 Å². The number of aliphatic imine (C=N–C) groups is 1. The van der Waals surface area contributed by atoms with Crippen LogP contribution in [0.25, 0.3) is 0 Å². The molecule has 0 bridgehead atoms. The van der Waals surface area contributed by atoms with Crippen LogP contribution in [0.2, 0.25) is 0 Å². The minimum Gasteiger partial charge on any atom is -0.366 e. The summed E-state index contributed by atoms with van der Waals surface area (Å²) in [5.41, 5.74) is 8.48. The van der Waals surface area contributed by atoms with Crippen LogP contribution in [0.3, 0.4) is 0 Å². The molecule has 0 aliphatic carbocycles. The number of benzene rings is 2. The molecule has 0 aromatic heterocycles. The largest absolute Gasteiger partial charge is 0.366 e. The van der Waals surface area contributed by atoms with E-state index in [0.29, 0.717) is 30.2 Å². The normalized spacial score (nSPS) is 10.7. The van der Waals surface area contributed by atoms with Crippen LogP contribution >= 0.6 is 24.0 Å². The average Bonchev–Trinajstić information content (AvgIpc) is 2.71. The van der Waals surface area contributed by atoms with Crippen LogP contribution in [0.15, 0.2) is 53.5 Å². The third kappa shape index (κ3) is 8.02. The number of primary amides is 1. The van der Waals surface area contributed by atoms with E-state index >= 15 is 0 Å². The van der Waals surface area contributed by atoms with E-state index in [1.54, 1.807) is 37.2 Å². The number of nitrogens with zero attached hydrogens (tertiary/aromatic N) is 2. The van der Waals surface area contributed by atoms with Crippen molar-refractivity contribution in [1.29, 1.82) is 0 Å². The van der Waals surface area contributed by atoms with Crippen molar-refractivity contribution >= 4 is 41.8 Å². The lowest BCUT2D eigenvalue weighted by Crippen LogP contribution is -2.38. The number of amides is 2. The highest BCUT2D eigenvalue weighted by Crippen LogP contribution is 2.08. The van der Waals surface area contributed by atoms with Gasteiger partial charge in [-0.2, -0.15) is 0 Å². The molecule has 4 N–H and O–H groups in total. The molecule has 0 atom stereocenters. The third-order valence-corrected chi connectivity index (χ3v) is 4.26. The highest BCUT2D eigenvalue weighted by Gasteiger charge is 2.08. The van der Waals surface area contributed by atoms with Crippen molar-refractivity contribution in [3.63, 3.8) is 0 Å². The molecule has 8 heteroatoms. The fourth-order valence-corrected chi connectivity index (χ4v) is 2.78. The maximum absolute atomic E-state index is 12.1. The Hall–Kier alpha value is -2.62. The zero-order valence-corrected chi connectivity index (χ0v) is 20.0. The molecule has 0 saturated carbocycles. The van der Waals surface area contributed by atoms with E-state index < -0.39 is 5.91 Å². The molecule has 7 nitrogen and oxygen atoms in total. The number of nitrogens with two attached hydrogens (primary N) is 1. The minimum absolute atomic E-state index is 0. The van der Waals surface area contributed by atoms with Crippen molar-refractivity contribution in [2.24, 2.45) is 10.7 Å². The van der Waals surface area contributed by atoms with Gasteiger partial charge < -0.3 is 21.3 Å². The van der Waals surface area contributed by atoms with Crippen molar-refractivity contribution in [2.75, 3.05) is 27.2 Å². The second-order valence-corrected chi connectivity index (χ2v) is 6.84. The van der Waals surface area contributed by atoms with Crippen LogP contribution < -0.4 is 16.4 Å². The smallest absolute Gasteiger partial charge is 0.253 e. The number of hydrogen-bond donors (Lipinski definition) is 3. The van der Waals surface area contributed by atoms with E-state index in [9.17, 15) is 9.59 Å². The molecular formula is C22H30IN5O2. The summed E-state index contributed by atoms with van der Waals surface area (Å²) in [4.78, 5) is 29.5. The Morgan fingerprint density at radius 1 is 1.00 bits per heavy atom. The second-order valence-electron chi connectivity index (χ2n) is 6.84. The van der Waals surface area contributed by atoms with Gasteiger partial charge in [-0.25, -0.2) is 4.99 Å². The Labute approximate surface area is 195 Å². The van der Waals surface area contributed by atoms with Gasteiger partial charge in [0, 0.05) is 38.3 Å². The first-order valence-corrected chi connectivity index (χ1v) is 9.62. The van der Waals surface area contributed by atoms with Crippen molar-refractivity contribution in [3.05, 3.63) is 70.8 Å². The molecule has 0 aliphatic rings. The van der Waals surface area contributed by atoms with Crippen LogP contribution in [0, 0.1) is 0 Å². The second kappa shape index (κ2) is 12.8. The molecule has 0 saturated heterocycles. The molecule has 2 rings (SSSR count). The summed E-state index contributed by atoms with van der Waals surface area (Å²) in [5.74, 6) is 0.237. The minimum atomic E-state index is -0.448. The molecular weight excluding hydrogens is 493 g/mol. The summed E-state index contributed by atoms with van der Waals surface area (Å²) in [6.45, 7) is 3.84. The Morgan fingerprint density at radius 3 is 2.27 bits per heavy atom. The fraction of sp³-hybridized carbons (Fsp3) is 0.318. The maximum atomic E-state index is 12.1. The highest BCUT2D eigenvalue weighted by molar-refractivity contribution is 14.0. The predicted molar refractivity (Wildman–Crippen MR) is 131 cm³/mol. The summed E-state index contributed by atoms with van der Waals surface area (Å²) in [6, 6.07) is 14.8. The highest BCUT2D eigenvalue weighted by atomic mass is 127. The summed E-state index contributed by atoms with van der Waals surface area (Å²) < 4.78 is 0. The molecule has 0 heterocycles. The monoisotopic (exact) mass is 523 g/mol. The quantitative estimate of drug-likeness (QED) is 0.281. The van der Waals surface area contributed by atoms with E-state index in [4.69, 9.17) is 5.73 Å². The van der Waals surface area contributed by atoms with E-state index in [1.165, 1.54) is 0 Å². The van der Waals surface area contributed by atoms with Gasteiger partial charge >= 0.3 is 0 Å². The number of guanidine groups is 1. The first-order valence-electron chi connectivity index (χ1n) is 9.62. The number of rotatable bonds is 8. The Kier molecular flexibility index (Phi) is 10.9. The van der Waals surface area contributed by atoms with E-state index in [1.807, 2.05) is 37.3 Å². The van der Waals surface area contributed by atoms with Gasteiger partial charge in [0.15, 0.2) is 5.96 Å². The Balaban J connectivity index is 0.00000450. The van der Waals surface area contributed by atoms with Gasteiger partial charge in [-0.05, 0) is 48.7 Å². The topological polar surface area (TPSA) is 99.8 Å². The van der Waals surface area contributed by atoms with Crippen molar-refractivity contribution in [3.8, 4) is 0 Å². The molecule has 0 spiro atoms. The van der Waals surface area contributed by atoms with Gasteiger partial charge in [0.2, 0.25) is 5.91 Å². The predicted octanol–water partition coefficient (Wildman–Crippen LogP) is 2.40. The average molecular weight is 523 g/mol. The van der Waals surface area contributed by atoms with Gasteiger partial charge in [0.05, 0.1) is 6.54 Å². The molecule has 162 valence electrons. The van der Waals surface area contributed by atoms with Gasteiger partial charge in [-0.3, -0.25) is 9.59 Å². The zero-order chi connectivity index (χ0) is 21.2. The first kappa shape index (κ1) is 25.4. The van der Waals surface area contributed by atoms with Crippen molar-refractivity contribution in [2.45, 2.75) is 19.9 Å². The molecule has 0 aliphatic heterocycles. The van der Waals surface area contributed by atoms with Gasteiger partial charge in [-0.1, -0.05) is 24.3 Å². The van der Waals surface area contributed by atoms with Gasteiger partial charge in [-0.15, -0.1) is 24.0 Å². The summed E-state index contributed by atoms with van der Waals surface area (Å²) >= 11 is 0. The van der Waals surface area contributed by atoms with Crippen molar-refractivity contribution in [1.82, 2.24) is 15.5 Å². The number of halogens is 1. The number of hydrogen-bond acceptors (Lipinski definition) is 3. The van der Waals surface area contributed by atoms with Crippen LogP contribution in [0.4, 0.5) is 0 Å². The molecule has 2 amide bonds. The number of nitrogens with one attached hydrogen (secondary N) is 2. The lowest BCUT2D eigenvalue weighted by molar-refractivity contribution is 0.0827. The molecule has 0 fully saturated rings. The molecule has 0 unspecified atom stereocenters. The Morgan fingerprint density at radius 2 is 1.63 bits per heavy atom. The van der Waals surface area contributed by atoms with E-state index in [2.05, 4.69) is 15.6 Å². The Bertz CT molecular complexity index is 883. The van der Waals surface area contributed by atoms with Crippen molar-refractivity contribution < 1.29 is 9.59 Å².